The summed E-state index contributed by atoms with van der Waals surface area (Å²) in [6.45, 7) is 4.16. The third-order valence-electron chi connectivity index (χ3n) is 2.81. The molecule has 2 aromatic rings. The molecular weight excluding hydrogens is 252 g/mol. The Kier molecular flexibility index (Phi) is 3.16. The molecule has 0 atom stereocenters. The Hall–Kier alpha value is -1.76. The molecule has 0 unspecified atom stereocenters. The van der Waals surface area contributed by atoms with E-state index in [1.165, 1.54) is 23.4 Å². The van der Waals surface area contributed by atoms with Crippen molar-refractivity contribution in [3.63, 3.8) is 0 Å². The third kappa shape index (κ3) is 1.62. The lowest BCUT2D eigenvalue weighted by molar-refractivity contribution is 0.700. The van der Waals surface area contributed by atoms with E-state index in [0.717, 1.165) is 4.57 Å². The van der Waals surface area contributed by atoms with Crippen LogP contribution in [0.5, 0.6) is 0 Å². The molecule has 18 heavy (non-hydrogen) atoms. The second-order valence-corrected chi connectivity index (χ2v) is 4.65. The van der Waals surface area contributed by atoms with Gasteiger partial charge < -0.3 is 4.57 Å². The summed E-state index contributed by atoms with van der Waals surface area (Å²) in [5, 5.41) is 0.697. The monoisotopic (exact) mass is 266 g/mol. The highest BCUT2D eigenvalue weighted by Gasteiger charge is 2.17. The zero-order valence-electron chi connectivity index (χ0n) is 10.5. The fourth-order valence-corrected chi connectivity index (χ4v) is 2.44. The van der Waals surface area contributed by atoms with Gasteiger partial charge in [0.05, 0.1) is 0 Å². The molecule has 0 spiro atoms. The number of aromatic nitrogens is 4. The average Bonchev–Trinajstić information content (AvgIpc) is 2.73. The molecule has 2 heterocycles. The van der Waals surface area contributed by atoms with Crippen molar-refractivity contribution in [1.82, 2.24) is 18.7 Å². The van der Waals surface area contributed by atoms with E-state index < -0.39 is 0 Å². The highest BCUT2D eigenvalue weighted by Crippen LogP contribution is 2.18. The van der Waals surface area contributed by atoms with Crippen molar-refractivity contribution < 1.29 is 0 Å². The van der Waals surface area contributed by atoms with Crippen molar-refractivity contribution in [2.24, 2.45) is 14.1 Å². The van der Waals surface area contributed by atoms with Crippen LogP contribution in [-0.2, 0) is 20.6 Å². The van der Waals surface area contributed by atoms with Gasteiger partial charge in [-0.05, 0) is 6.26 Å². The van der Waals surface area contributed by atoms with Crippen molar-refractivity contribution in [1.29, 1.82) is 0 Å². The van der Waals surface area contributed by atoms with E-state index in [1.54, 1.807) is 17.7 Å². The number of allylic oxidation sites excluding steroid dienone is 1. The van der Waals surface area contributed by atoms with Crippen molar-refractivity contribution in [2.75, 3.05) is 6.26 Å². The van der Waals surface area contributed by atoms with Gasteiger partial charge in [-0.3, -0.25) is 13.9 Å². The summed E-state index contributed by atoms with van der Waals surface area (Å²) >= 11 is 1.43. The number of rotatable bonds is 3. The molecule has 0 aromatic carbocycles. The smallest absolute Gasteiger partial charge is 0.309 e. The van der Waals surface area contributed by atoms with E-state index in [2.05, 4.69) is 11.6 Å². The zero-order chi connectivity index (χ0) is 13.4. The molecule has 96 valence electrons. The third-order valence-corrected chi connectivity index (χ3v) is 3.48. The number of hydrogen-bond donors (Lipinski definition) is 0. The van der Waals surface area contributed by atoms with Crippen molar-refractivity contribution >= 4 is 22.9 Å². The number of nitrogens with zero attached hydrogens (tertiary/aromatic N) is 4. The number of fused-ring (bicyclic) bond motifs is 1. The minimum Gasteiger partial charge on any atom is -0.309 e. The van der Waals surface area contributed by atoms with Crippen LogP contribution in [0.4, 0.5) is 0 Å². The van der Waals surface area contributed by atoms with E-state index in [-0.39, 0.29) is 11.2 Å². The van der Waals surface area contributed by atoms with Crippen LogP contribution >= 0.6 is 11.8 Å². The van der Waals surface area contributed by atoms with Gasteiger partial charge in [0.25, 0.3) is 5.56 Å². The van der Waals surface area contributed by atoms with E-state index in [0.29, 0.717) is 22.9 Å². The summed E-state index contributed by atoms with van der Waals surface area (Å²) in [6.07, 6.45) is 3.58. The fourth-order valence-electron chi connectivity index (χ4n) is 1.88. The van der Waals surface area contributed by atoms with E-state index in [1.807, 2.05) is 6.26 Å². The molecule has 0 saturated carbocycles. The van der Waals surface area contributed by atoms with Crippen LogP contribution in [0.25, 0.3) is 11.2 Å². The van der Waals surface area contributed by atoms with Crippen LogP contribution in [0.2, 0.25) is 0 Å². The Morgan fingerprint density at radius 1 is 1.33 bits per heavy atom. The first-order chi connectivity index (χ1) is 8.52. The van der Waals surface area contributed by atoms with Gasteiger partial charge in [0.1, 0.15) is 0 Å². The number of aryl methyl sites for hydroxylation is 1. The Bertz CT molecular complexity index is 738. The average molecular weight is 266 g/mol. The fraction of sp³-hybridized carbons (Fsp3) is 0.364. The molecule has 7 heteroatoms. The van der Waals surface area contributed by atoms with Gasteiger partial charge in [0.15, 0.2) is 16.3 Å². The Morgan fingerprint density at radius 2 is 2.00 bits per heavy atom. The molecule has 0 amide bonds. The number of imidazole rings is 1. The lowest BCUT2D eigenvalue weighted by atomic mass is 10.5. The highest BCUT2D eigenvalue weighted by molar-refractivity contribution is 7.98. The molecular formula is C11H14N4O2S. The van der Waals surface area contributed by atoms with E-state index >= 15 is 0 Å². The maximum absolute atomic E-state index is 12.2. The van der Waals surface area contributed by atoms with Crippen LogP contribution in [0.1, 0.15) is 0 Å². The SMILES string of the molecule is C=CCn1c(SC)nc2c1c(=O)n(C)c(=O)n2C. The van der Waals surface area contributed by atoms with Crippen LogP contribution in [0.15, 0.2) is 27.4 Å². The molecule has 0 bridgehead atoms. The second-order valence-electron chi connectivity index (χ2n) is 3.88. The molecule has 0 radical (unpaired) electrons. The minimum atomic E-state index is -0.372. The summed E-state index contributed by atoms with van der Waals surface area (Å²) in [5.74, 6) is 0. The highest BCUT2D eigenvalue weighted by atomic mass is 32.2. The first-order valence-electron chi connectivity index (χ1n) is 5.34. The van der Waals surface area contributed by atoms with Gasteiger partial charge in [-0.2, -0.15) is 0 Å². The Morgan fingerprint density at radius 3 is 2.56 bits per heavy atom. The summed E-state index contributed by atoms with van der Waals surface area (Å²) in [4.78, 5) is 28.3. The Balaban J connectivity index is 3.04. The lowest BCUT2D eigenvalue weighted by Crippen LogP contribution is -2.37. The van der Waals surface area contributed by atoms with Crippen LogP contribution in [0, 0.1) is 0 Å². The van der Waals surface area contributed by atoms with E-state index in [4.69, 9.17) is 0 Å². The van der Waals surface area contributed by atoms with Crippen molar-refractivity contribution in [3.05, 3.63) is 33.5 Å². The molecule has 2 aromatic heterocycles. The van der Waals surface area contributed by atoms with Gasteiger partial charge in [0.2, 0.25) is 0 Å². The topological polar surface area (TPSA) is 61.8 Å². The van der Waals surface area contributed by atoms with Crippen LogP contribution in [-0.4, -0.2) is 24.9 Å². The molecule has 6 nitrogen and oxygen atoms in total. The number of thioether (sulfide) groups is 1. The lowest BCUT2D eigenvalue weighted by Gasteiger charge is -2.05. The zero-order valence-corrected chi connectivity index (χ0v) is 11.3. The predicted octanol–water partition coefficient (Wildman–Crippen LogP) is 0.342. The summed E-state index contributed by atoms with van der Waals surface area (Å²) in [7, 11) is 3.08. The predicted molar refractivity (Wildman–Crippen MR) is 72.2 cm³/mol. The normalized spacial score (nSPS) is 11.1. The first kappa shape index (κ1) is 12.7. The van der Waals surface area contributed by atoms with Crippen LogP contribution in [0.3, 0.4) is 0 Å². The molecule has 0 saturated heterocycles. The summed E-state index contributed by atoms with van der Waals surface area (Å²) in [5.41, 5.74) is 0.143. The summed E-state index contributed by atoms with van der Waals surface area (Å²) < 4.78 is 4.25. The van der Waals surface area contributed by atoms with Gasteiger partial charge in [-0.25, -0.2) is 9.78 Å². The molecule has 0 fully saturated rings. The van der Waals surface area contributed by atoms with Gasteiger partial charge in [0, 0.05) is 20.6 Å². The van der Waals surface area contributed by atoms with E-state index in [9.17, 15) is 9.59 Å². The molecule has 2 rings (SSSR count). The molecule has 0 aliphatic rings. The number of hydrogen-bond acceptors (Lipinski definition) is 4. The first-order valence-corrected chi connectivity index (χ1v) is 6.56. The minimum absolute atomic E-state index is 0.331. The standard InChI is InChI=1S/C11H14N4O2S/c1-5-6-15-7-8(12-10(15)18-4)13(2)11(17)14(3)9(7)16/h5H,1,6H2,2-4H3. The van der Waals surface area contributed by atoms with Crippen molar-refractivity contribution in [3.8, 4) is 0 Å². The van der Waals surface area contributed by atoms with Crippen LogP contribution < -0.4 is 11.2 Å². The quantitative estimate of drug-likeness (QED) is 0.594. The molecule has 0 N–H and O–H groups in total. The maximum Gasteiger partial charge on any atom is 0.332 e. The summed E-state index contributed by atoms with van der Waals surface area (Å²) in [6, 6.07) is 0. The molecule has 0 aliphatic heterocycles. The maximum atomic E-state index is 12.2. The van der Waals surface area contributed by atoms with Gasteiger partial charge in [-0.1, -0.05) is 17.8 Å². The van der Waals surface area contributed by atoms with Gasteiger partial charge in [-0.15, -0.1) is 6.58 Å². The van der Waals surface area contributed by atoms with Crippen molar-refractivity contribution in [2.45, 2.75) is 11.7 Å². The second kappa shape index (κ2) is 4.49. The Labute approximate surface area is 108 Å². The van der Waals surface area contributed by atoms with Gasteiger partial charge >= 0.3 is 5.69 Å². The molecule has 0 aliphatic carbocycles. The largest absolute Gasteiger partial charge is 0.332 e.